The molecule has 2 aliphatic heterocycles. The fraction of sp³-hybridized carbons (Fsp3) is 0.500. The standard InChI is InChI=1S/C16H19N3O4.2ClH/c1-10-11(18-16(23-10)13-3-2-5-21-13)7-15(20)19-4-6-22-14-9-17-8-12(14)19;;/h2-3,5,12,14,17H,4,6-9H2,1H3;2*1H/t12-,14+;;/m1../s1. The van der Waals surface area contributed by atoms with Crippen molar-refractivity contribution in [3.8, 4) is 11.7 Å². The predicted octanol–water partition coefficient (Wildman–Crippen LogP) is 1.83. The van der Waals surface area contributed by atoms with Crippen molar-refractivity contribution in [3.63, 3.8) is 0 Å². The molecule has 0 unspecified atom stereocenters. The third-order valence-electron chi connectivity index (χ3n) is 4.46. The molecule has 0 radical (unpaired) electrons. The minimum absolute atomic E-state index is 0. The van der Waals surface area contributed by atoms with Gasteiger partial charge in [-0.25, -0.2) is 4.98 Å². The van der Waals surface area contributed by atoms with E-state index >= 15 is 0 Å². The smallest absolute Gasteiger partial charge is 0.263 e. The van der Waals surface area contributed by atoms with E-state index in [2.05, 4.69) is 10.3 Å². The molecule has 7 nitrogen and oxygen atoms in total. The van der Waals surface area contributed by atoms with Crippen LogP contribution in [0.4, 0.5) is 0 Å². The zero-order valence-corrected chi connectivity index (χ0v) is 15.4. The van der Waals surface area contributed by atoms with E-state index < -0.39 is 0 Å². The van der Waals surface area contributed by atoms with Gasteiger partial charge in [0.05, 0.1) is 37.1 Å². The van der Waals surface area contributed by atoms with Gasteiger partial charge in [0.15, 0.2) is 5.76 Å². The zero-order chi connectivity index (χ0) is 15.8. The van der Waals surface area contributed by atoms with Crippen LogP contribution in [0.2, 0.25) is 0 Å². The summed E-state index contributed by atoms with van der Waals surface area (Å²) in [5, 5.41) is 3.28. The molecular formula is C16H21Cl2N3O4. The third kappa shape index (κ3) is 3.84. The quantitative estimate of drug-likeness (QED) is 0.862. The van der Waals surface area contributed by atoms with Crippen LogP contribution in [0.5, 0.6) is 0 Å². The number of oxazole rings is 1. The number of carbonyl (C=O) groups is 1. The SMILES string of the molecule is Cc1oc(-c2ccco2)nc1CC(=O)N1CCO[C@H]2CNC[C@H]21.Cl.Cl. The Balaban J connectivity index is 0.00000113. The van der Waals surface area contributed by atoms with Crippen LogP contribution in [-0.4, -0.2) is 54.2 Å². The molecule has 0 aliphatic carbocycles. The van der Waals surface area contributed by atoms with Gasteiger partial charge in [-0.3, -0.25) is 4.79 Å². The van der Waals surface area contributed by atoms with Crippen LogP contribution >= 0.6 is 24.8 Å². The highest BCUT2D eigenvalue weighted by molar-refractivity contribution is 5.85. The number of amides is 1. The molecule has 2 aliphatic rings. The van der Waals surface area contributed by atoms with E-state index in [9.17, 15) is 4.79 Å². The maximum Gasteiger partial charge on any atom is 0.263 e. The fourth-order valence-corrected chi connectivity index (χ4v) is 3.24. The number of aromatic nitrogens is 1. The Morgan fingerprint density at radius 3 is 3.00 bits per heavy atom. The van der Waals surface area contributed by atoms with Gasteiger partial charge in [0.25, 0.3) is 5.89 Å². The second-order valence-electron chi connectivity index (χ2n) is 5.90. The second kappa shape index (κ2) is 8.23. The number of aryl methyl sites for hydroxylation is 1. The van der Waals surface area contributed by atoms with Crippen molar-refractivity contribution in [2.24, 2.45) is 0 Å². The number of hydrogen-bond donors (Lipinski definition) is 1. The molecule has 9 heteroatoms. The summed E-state index contributed by atoms with van der Waals surface area (Å²) in [4.78, 5) is 19.0. The van der Waals surface area contributed by atoms with Crippen LogP contribution in [0.1, 0.15) is 11.5 Å². The van der Waals surface area contributed by atoms with Gasteiger partial charge in [-0.2, -0.15) is 0 Å². The summed E-state index contributed by atoms with van der Waals surface area (Å²) in [7, 11) is 0. The van der Waals surface area contributed by atoms with Crippen LogP contribution in [0.3, 0.4) is 0 Å². The lowest BCUT2D eigenvalue weighted by molar-refractivity contribution is -0.142. The molecule has 2 aromatic rings. The van der Waals surface area contributed by atoms with Gasteiger partial charge in [0, 0.05) is 19.6 Å². The Kier molecular flexibility index (Phi) is 6.51. The minimum atomic E-state index is 0. The van der Waals surface area contributed by atoms with Gasteiger partial charge in [-0.05, 0) is 19.1 Å². The summed E-state index contributed by atoms with van der Waals surface area (Å²) < 4.78 is 16.6. The average Bonchev–Trinajstić information content (AvgIpc) is 3.27. The van der Waals surface area contributed by atoms with Crippen molar-refractivity contribution in [2.75, 3.05) is 26.2 Å². The van der Waals surface area contributed by atoms with Crippen molar-refractivity contribution in [1.82, 2.24) is 15.2 Å². The highest BCUT2D eigenvalue weighted by Gasteiger charge is 2.38. The van der Waals surface area contributed by atoms with Crippen molar-refractivity contribution < 1.29 is 18.4 Å². The molecule has 4 rings (SSSR count). The Morgan fingerprint density at radius 2 is 2.24 bits per heavy atom. The van der Waals surface area contributed by atoms with E-state index in [-0.39, 0.29) is 49.3 Å². The lowest BCUT2D eigenvalue weighted by Crippen LogP contribution is -2.53. The number of ether oxygens (including phenoxy) is 1. The third-order valence-corrected chi connectivity index (χ3v) is 4.46. The molecule has 25 heavy (non-hydrogen) atoms. The van der Waals surface area contributed by atoms with Gasteiger partial charge >= 0.3 is 0 Å². The summed E-state index contributed by atoms with van der Waals surface area (Å²) in [5.74, 6) is 1.70. The Hall–Kier alpha value is -1.54. The Labute approximate surface area is 157 Å². The maximum absolute atomic E-state index is 12.7. The number of furan rings is 1. The van der Waals surface area contributed by atoms with Crippen LogP contribution in [0, 0.1) is 6.92 Å². The summed E-state index contributed by atoms with van der Waals surface area (Å²) in [6, 6.07) is 3.68. The predicted molar refractivity (Wildman–Crippen MR) is 95.3 cm³/mol. The summed E-state index contributed by atoms with van der Waals surface area (Å²) >= 11 is 0. The zero-order valence-electron chi connectivity index (χ0n) is 13.8. The molecule has 0 spiro atoms. The normalized spacial score (nSPS) is 22.0. The van der Waals surface area contributed by atoms with Crippen LogP contribution in [-0.2, 0) is 16.0 Å². The highest BCUT2D eigenvalue weighted by Crippen LogP contribution is 2.24. The first-order valence-corrected chi connectivity index (χ1v) is 7.84. The highest BCUT2D eigenvalue weighted by atomic mass is 35.5. The van der Waals surface area contributed by atoms with E-state index in [1.807, 2.05) is 11.8 Å². The number of nitrogens with one attached hydrogen (secondary N) is 1. The molecular weight excluding hydrogens is 369 g/mol. The number of morpholine rings is 1. The number of halogens is 2. The maximum atomic E-state index is 12.7. The first-order valence-electron chi connectivity index (χ1n) is 7.84. The molecule has 1 amide bonds. The van der Waals surface area contributed by atoms with E-state index in [1.165, 1.54) is 0 Å². The van der Waals surface area contributed by atoms with E-state index in [0.717, 1.165) is 13.1 Å². The summed E-state index contributed by atoms with van der Waals surface area (Å²) in [5.41, 5.74) is 0.662. The van der Waals surface area contributed by atoms with Crippen LogP contribution in [0.25, 0.3) is 11.7 Å². The largest absolute Gasteiger partial charge is 0.459 e. The molecule has 2 saturated heterocycles. The molecule has 0 bridgehead atoms. The van der Waals surface area contributed by atoms with Crippen molar-refractivity contribution >= 4 is 30.7 Å². The average molecular weight is 390 g/mol. The van der Waals surface area contributed by atoms with E-state index in [0.29, 0.717) is 36.3 Å². The molecule has 0 saturated carbocycles. The minimum Gasteiger partial charge on any atom is -0.459 e. The number of nitrogens with zero attached hydrogens (tertiary/aromatic N) is 2. The molecule has 2 fully saturated rings. The van der Waals surface area contributed by atoms with Crippen molar-refractivity contribution in [1.29, 1.82) is 0 Å². The van der Waals surface area contributed by atoms with Gasteiger partial charge < -0.3 is 23.8 Å². The number of hydrogen-bond acceptors (Lipinski definition) is 6. The molecule has 0 aromatic carbocycles. The Morgan fingerprint density at radius 1 is 1.40 bits per heavy atom. The first-order chi connectivity index (χ1) is 11.2. The lowest BCUT2D eigenvalue weighted by Gasteiger charge is -2.36. The summed E-state index contributed by atoms with van der Waals surface area (Å²) in [6.45, 7) is 4.63. The molecule has 138 valence electrons. The van der Waals surface area contributed by atoms with Crippen LogP contribution in [0.15, 0.2) is 27.2 Å². The molecule has 1 N–H and O–H groups in total. The van der Waals surface area contributed by atoms with Crippen LogP contribution < -0.4 is 5.32 Å². The number of carbonyl (C=O) groups excluding carboxylic acids is 1. The molecule has 2 aromatic heterocycles. The van der Waals surface area contributed by atoms with Gasteiger partial charge in [0.2, 0.25) is 5.91 Å². The Bertz CT molecular complexity index is 704. The second-order valence-corrected chi connectivity index (χ2v) is 5.90. The lowest BCUT2D eigenvalue weighted by atomic mass is 10.1. The summed E-state index contributed by atoms with van der Waals surface area (Å²) in [6.07, 6.45) is 1.91. The monoisotopic (exact) mass is 389 g/mol. The van der Waals surface area contributed by atoms with E-state index in [4.69, 9.17) is 13.6 Å². The topological polar surface area (TPSA) is 80.7 Å². The fourth-order valence-electron chi connectivity index (χ4n) is 3.24. The number of fused-ring (bicyclic) bond motifs is 1. The number of rotatable bonds is 3. The molecule has 4 heterocycles. The van der Waals surface area contributed by atoms with E-state index in [1.54, 1.807) is 18.4 Å². The first kappa shape index (κ1) is 19.8. The van der Waals surface area contributed by atoms with Gasteiger partial charge in [0.1, 0.15) is 5.76 Å². The van der Waals surface area contributed by atoms with Crippen molar-refractivity contribution in [2.45, 2.75) is 25.5 Å². The van der Waals surface area contributed by atoms with Gasteiger partial charge in [-0.1, -0.05) is 0 Å². The van der Waals surface area contributed by atoms with Gasteiger partial charge in [-0.15, -0.1) is 24.8 Å². The van der Waals surface area contributed by atoms with Crippen molar-refractivity contribution in [3.05, 3.63) is 29.9 Å². The molecule has 2 atom stereocenters.